The molecule has 0 bridgehead atoms. The molecule has 292 valence electrons. The number of hydrogen-bond donors (Lipinski definition) is 0. The van der Waals surface area contributed by atoms with Crippen LogP contribution in [0.1, 0.15) is 18.4 Å². The lowest BCUT2D eigenvalue weighted by Crippen LogP contribution is -2.18. The number of nitrogens with zero attached hydrogens (tertiary/aromatic N) is 2. The Hall–Kier alpha value is -7.94. The van der Waals surface area contributed by atoms with Crippen molar-refractivity contribution in [3.8, 4) is 27.9 Å². The molecule has 0 atom stereocenters. The van der Waals surface area contributed by atoms with E-state index in [1.807, 2.05) is 0 Å². The fourth-order valence-corrected chi connectivity index (χ4v) is 9.84. The fourth-order valence-electron chi connectivity index (χ4n) is 9.84. The summed E-state index contributed by atoms with van der Waals surface area (Å²) in [4.78, 5) is 2.48. The maximum absolute atomic E-state index is 2.48. The number of aromatic nitrogens is 1. The summed E-state index contributed by atoms with van der Waals surface area (Å²) in [6, 6.07) is 80.1. The number of hydrogen-bond acceptors (Lipinski definition) is 1. The molecule has 1 aliphatic rings. The second kappa shape index (κ2) is 15.0. The van der Waals surface area contributed by atoms with Crippen molar-refractivity contribution in [2.45, 2.75) is 12.8 Å². The van der Waals surface area contributed by atoms with Crippen LogP contribution in [-0.2, 0) is 0 Å². The highest BCUT2D eigenvalue weighted by molar-refractivity contribution is 6.14. The molecule has 0 radical (unpaired) electrons. The average Bonchev–Trinajstić information content (AvgIpc) is 3.67. The average molecular weight is 791 g/mol. The van der Waals surface area contributed by atoms with Crippen molar-refractivity contribution in [1.82, 2.24) is 4.57 Å². The van der Waals surface area contributed by atoms with Gasteiger partial charge in [0, 0.05) is 33.5 Å². The van der Waals surface area contributed by atoms with Crippen molar-refractivity contribution in [3.63, 3.8) is 0 Å². The molecule has 0 aliphatic heterocycles. The van der Waals surface area contributed by atoms with Crippen LogP contribution in [0, 0.1) is 0 Å². The van der Waals surface area contributed by atoms with Gasteiger partial charge < -0.3 is 9.47 Å². The van der Waals surface area contributed by atoms with Crippen molar-refractivity contribution in [2.75, 3.05) is 4.90 Å². The van der Waals surface area contributed by atoms with E-state index in [-0.39, 0.29) is 0 Å². The SMILES string of the molecule is C1=C(c2cc(-n3c4ccccc4c4cc5ccccc5cc43)ccc2-c2ccccc2)CCC(N(c2cccc(-c3ccccc3)c2)c2ccc3ccc4ccccc4c3c2)=C1. The molecule has 0 spiro atoms. The van der Waals surface area contributed by atoms with Gasteiger partial charge in [-0.05, 0) is 139 Å². The number of anilines is 2. The molecule has 1 aliphatic carbocycles. The van der Waals surface area contributed by atoms with Gasteiger partial charge in [-0.2, -0.15) is 0 Å². The molecule has 0 saturated heterocycles. The molecule has 0 saturated carbocycles. The van der Waals surface area contributed by atoms with Gasteiger partial charge in [0.1, 0.15) is 0 Å². The molecule has 1 aromatic heterocycles. The highest BCUT2D eigenvalue weighted by Gasteiger charge is 2.22. The Labute approximate surface area is 361 Å². The number of para-hydroxylation sites is 1. The van der Waals surface area contributed by atoms with Crippen LogP contribution >= 0.6 is 0 Å². The molecule has 62 heavy (non-hydrogen) atoms. The molecule has 2 nitrogen and oxygen atoms in total. The van der Waals surface area contributed by atoms with E-state index in [0.717, 1.165) is 24.2 Å². The second-order valence-electron chi connectivity index (χ2n) is 16.5. The first-order chi connectivity index (χ1) is 30.7. The van der Waals surface area contributed by atoms with E-state index in [4.69, 9.17) is 0 Å². The lowest BCUT2D eigenvalue weighted by molar-refractivity contribution is 0.930. The monoisotopic (exact) mass is 790 g/mol. The third-order valence-corrected chi connectivity index (χ3v) is 12.8. The third kappa shape index (κ3) is 6.19. The summed E-state index contributed by atoms with van der Waals surface area (Å²) in [6.45, 7) is 0. The van der Waals surface area contributed by atoms with Gasteiger partial charge in [0.15, 0.2) is 0 Å². The van der Waals surface area contributed by atoms with Crippen LogP contribution in [0.2, 0.25) is 0 Å². The zero-order valence-corrected chi connectivity index (χ0v) is 34.2. The summed E-state index contributed by atoms with van der Waals surface area (Å²) >= 11 is 0. The maximum atomic E-state index is 2.48. The Kier molecular flexibility index (Phi) is 8.67. The number of allylic oxidation sites excluding steroid dienone is 4. The van der Waals surface area contributed by atoms with Crippen LogP contribution in [-0.4, -0.2) is 4.57 Å². The fraction of sp³-hybridized carbons (Fsp3) is 0.0333. The van der Waals surface area contributed by atoms with Crippen LogP contribution in [0.25, 0.3) is 87.6 Å². The highest BCUT2D eigenvalue weighted by Crippen LogP contribution is 2.43. The summed E-state index contributed by atoms with van der Waals surface area (Å²) in [5, 5.41) is 10.1. The Morgan fingerprint density at radius 2 is 0.984 bits per heavy atom. The van der Waals surface area contributed by atoms with Crippen molar-refractivity contribution < 1.29 is 0 Å². The van der Waals surface area contributed by atoms with Gasteiger partial charge in [-0.15, -0.1) is 0 Å². The predicted molar refractivity (Wildman–Crippen MR) is 264 cm³/mol. The minimum Gasteiger partial charge on any atom is -0.314 e. The van der Waals surface area contributed by atoms with Crippen molar-refractivity contribution in [2.24, 2.45) is 0 Å². The van der Waals surface area contributed by atoms with Gasteiger partial charge in [-0.1, -0.05) is 170 Å². The number of benzene rings is 10. The summed E-state index contributed by atoms with van der Waals surface area (Å²) in [7, 11) is 0. The molecule has 2 heteroatoms. The molecule has 11 aromatic rings. The summed E-state index contributed by atoms with van der Waals surface area (Å²) < 4.78 is 2.46. The van der Waals surface area contributed by atoms with Crippen LogP contribution in [0.3, 0.4) is 0 Å². The van der Waals surface area contributed by atoms with E-state index in [9.17, 15) is 0 Å². The first-order valence-electron chi connectivity index (χ1n) is 21.6. The smallest absolute Gasteiger partial charge is 0.0547 e. The lowest BCUT2D eigenvalue weighted by Gasteiger charge is -2.31. The molecule has 0 unspecified atom stereocenters. The molecule has 10 aromatic carbocycles. The molecule has 0 N–H and O–H groups in total. The van der Waals surface area contributed by atoms with E-state index in [2.05, 4.69) is 240 Å². The molecule has 0 fully saturated rings. The van der Waals surface area contributed by atoms with Crippen LogP contribution in [0.4, 0.5) is 11.4 Å². The van der Waals surface area contributed by atoms with Gasteiger partial charge >= 0.3 is 0 Å². The normalized spacial score (nSPS) is 12.9. The Morgan fingerprint density at radius 1 is 0.339 bits per heavy atom. The highest BCUT2D eigenvalue weighted by atomic mass is 15.1. The minimum absolute atomic E-state index is 0.884. The van der Waals surface area contributed by atoms with Gasteiger partial charge in [0.2, 0.25) is 0 Å². The van der Waals surface area contributed by atoms with E-state index < -0.39 is 0 Å². The number of fused-ring (bicyclic) bond motifs is 7. The minimum atomic E-state index is 0.884. The molecule has 1 heterocycles. The quantitative estimate of drug-likeness (QED) is 0.146. The van der Waals surface area contributed by atoms with E-state index in [1.54, 1.807) is 0 Å². The Morgan fingerprint density at radius 3 is 1.77 bits per heavy atom. The molecular weight excluding hydrogens is 749 g/mol. The van der Waals surface area contributed by atoms with Crippen molar-refractivity contribution in [3.05, 3.63) is 242 Å². The van der Waals surface area contributed by atoms with E-state index in [1.165, 1.54) is 98.9 Å². The van der Waals surface area contributed by atoms with E-state index >= 15 is 0 Å². The largest absolute Gasteiger partial charge is 0.314 e. The third-order valence-electron chi connectivity index (χ3n) is 12.8. The predicted octanol–water partition coefficient (Wildman–Crippen LogP) is 16.5. The first kappa shape index (κ1) is 36.0. The Balaban J connectivity index is 1.03. The summed E-state index contributed by atoms with van der Waals surface area (Å²) in [5.74, 6) is 0. The van der Waals surface area contributed by atoms with Gasteiger partial charge in [0.05, 0.1) is 11.0 Å². The standard InChI is InChI=1S/C60H42N2/c1-3-14-41(15-4-1)46-21-13-22-50(36-46)61(51-33-30-44-27-26-43-18-9-10-23-53(43)56(44)39-51)49-31-28-45(29-32-49)57-40-52(34-35-54(57)42-16-5-2-6-17-42)62-59-25-12-11-24-55(59)58-37-47-19-7-8-20-48(47)38-60(58)62/h1-28,30-31,33-40H,29,32H2. The van der Waals surface area contributed by atoms with Crippen LogP contribution in [0.5, 0.6) is 0 Å². The zero-order chi connectivity index (χ0) is 41.0. The van der Waals surface area contributed by atoms with Crippen molar-refractivity contribution in [1.29, 1.82) is 0 Å². The van der Waals surface area contributed by atoms with E-state index in [0.29, 0.717) is 0 Å². The van der Waals surface area contributed by atoms with Crippen LogP contribution < -0.4 is 4.90 Å². The molecule has 12 rings (SSSR count). The zero-order valence-electron chi connectivity index (χ0n) is 34.2. The first-order valence-corrected chi connectivity index (χ1v) is 21.6. The maximum Gasteiger partial charge on any atom is 0.0547 e. The second-order valence-corrected chi connectivity index (χ2v) is 16.5. The summed E-state index contributed by atoms with van der Waals surface area (Å²) in [5.41, 5.74) is 14.7. The summed E-state index contributed by atoms with van der Waals surface area (Å²) in [6.07, 6.45) is 6.54. The van der Waals surface area contributed by atoms with Gasteiger partial charge in [-0.3, -0.25) is 0 Å². The van der Waals surface area contributed by atoms with Crippen LogP contribution in [0.15, 0.2) is 236 Å². The topological polar surface area (TPSA) is 8.17 Å². The Bertz CT molecular complexity index is 3570. The van der Waals surface area contributed by atoms with Gasteiger partial charge in [-0.25, -0.2) is 0 Å². The molecule has 0 amide bonds. The van der Waals surface area contributed by atoms with Crippen molar-refractivity contribution >= 4 is 71.1 Å². The molecular formula is C60H42N2. The van der Waals surface area contributed by atoms with Gasteiger partial charge in [0.25, 0.3) is 0 Å². The lowest BCUT2D eigenvalue weighted by atomic mass is 9.88. The number of rotatable bonds is 7.